The predicted octanol–water partition coefficient (Wildman–Crippen LogP) is 3.77. The maximum absolute atomic E-state index is 14.5. The van der Waals surface area contributed by atoms with E-state index in [1.807, 2.05) is 77.9 Å². The molecule has 2 aromatic rings. The van der Waals surface area contributed by atoms with Crippen LogP contribution in [0.25, 0.3) is 0 Å². The highest BCUT2D eigenvalue weighted by Crippen LogP contribution is 2.34. The lowest BCUT2D eigenvalue weighted by Gasteiger charge is -2.36. The Balaban J connectivity index is 1.05. The summed E-state index contributed by atoms with van der Waals surface area (Å²) in [6.45, 7) is 14.8. The zero-order valence-corrected chi connectivity index (χ0v) is 46.2. The normalized spacial score (nSPS) is 23.1. The number of benzene rings is 2. The summed E-state index contributed by atoms with van der Waals surface area (Å²) >= 11 is 0. The fraction of sp³-hybridized carbons (Fsp3) is 0.649. The molecule has 8 N–H and O–H groups in total. The summed E-state index contributed by atoms with van der Waals surface area (Å²) < 4.78 is 0. The van der Waals surface area contributed by atoms with Gasteiger partial charge in [0.25, 0.3) is 0 Å². The average molecular weight is 1040 g/mol. The fourth-order valence-corrected chi connectivity index (χ4v) is 11.0. The van der Waals surface area contributed by atoms with Crippen LogP contribution in [0, 0.1) is 10.8 Å². The van der Waals surface area contributed by atoms with Gasteiger partial charge in [-0.05, 0) is 125 Å². The molecule has 0 spiro atoms. The Bertz CT molecular complexity index is 2220. The second-order valence-electron chi connectivity index (χ2n) is 23.5. The van der Waals surface area contributed by atoms with Crippen molar-refractivity contribution in [3.05, 3.63) is 70.8 Å². The molecule has 412 valence electrons. The van der Waals surface area contributed by atoms with Crippen LogP contribution >= 0.6 is 0 Å². The first kappa shape index (κ1) is 58.4. The number of fused-ring (bicyclic) bond motifs is 2. The molecule has 2 fully saturated rings. The van der Waals surface area contributed by atoms with E-state index in [0.29, 0.717) is 19.3 Å². The van der Waals surface area contributed by atoms with E-state index in [4.69, 9.17) is 0 Å². The molecule has 0 radical (unpaired) electrons. The van der Waals surface area contributed by atoms with Crippen molar-refractivity contribution >= 4 is 47.3 Å². The third kappa shape index (κ3) is 15.2. The van der Waals surface area contributed by atoms with Crippen molar-refractivity contribution in [3.8, 4) is 0 Å². The molecule has 2 heterocycles. The first-order valence-electron chi connectivity index (χ1n) is 27.4. The lowest BCUT2D eigenvalue weighted by Crippen LogP contribution is -2.59. The minimum absolute atomic E-state index is 0.0937. The predicted molar refractivity (Wildman–Crippen MR) is 288 cm³/mol. The number of aryl methyl sites for hydroxylation is 2. The Morgan fingerprint density at radius 3 is 1.28 bits per heavy atom. The van der Waals surface area contributed by atoms with Crippen molar-refractivity contribution < 1.29 is 38.4 Å². The fourth-order valence-electron chi connectivity index (χ4n) is 11.0. The van der Waals surface area contributed by atoms with Gasteiger partial charge in [0.2, 0.25) is 47.3 Å². The average Bonchev–Trinajstić information content (AvgIpc) is 4.00. The smallest absolute Gasteiger partial charge is 0.246 e. The van der Waals surface area contributed by atoms with Crippen LogP contribution in [-0.4, -0.2) is 133 Å². The maximum atomic E-state index is 14.5. The highest BCUT2D eigenvalue weighted by molar-refractivity contribution is 5.95. The number of likely N-dealkylation sites (tertiary alicyclic amines) is 2. The van der Waals surface area contributed by atoms with Gasteiger partial charge in [-0.2, -0.15) is 0 Å². The molecule has 18 heteroatoms. The van der Waals surface area contributed by atoms with Crippen molar-refractivity contribution in [1.82, 2.24) is 52.3 Å². The molecule has 0 bridgehead atoms. The highest BCUT2D eigenvalue weighted by Gasteiger charge is 2.48. The Hall–Kier alpha value is -5.88. The van der Waals surface area contributed by atoms with E-state index in [0.717, 1.165) is 49.7 Å². The molecule has 10 atom stereocenters. The van der Waals surface area contributed by atoms with Crippen LogP contribution in [0.1, 0.15) is 160 Å². The first-order chi connectivity index (χ1) is 35.5. The molecule has 2 saturated heterocycles. The van der Waals surface area contributed by atoms with Gasteiger partial charge in [-0.1, -0.05) is 96.5 Å². The van der Waals surface area contributed by atoms with E-state index in [-0.39, 0.29) is 86.3 Å². The molecule has 75 heavy (non-hydrogen) atoms. The second kappa shape index (κ2) is 25.8. The number of carbonyl (C=O) groups is 8. The molecule has 0 saturated carbocycles. The number of amides is 8. The van der Waals surface area contributed by atoms with Crippen LogP contribution in [0.15, 0.2) is 48.5 Å². The van der Waals surface area contributed by atoms with E-state index in [2.05, 4.69) is 54.7 Å². The minimum atomic E-state index is -0.938. The van der Waals surface area contributed by atoms with Gasteiger partial charge >= 0.3 is 0 Å². The topological polar surface area (TPSA) is 239 Å². The van der Waals surface area contributed by atoms with Gasteiger partial charge in [0.15, 0.2) is 0 Å². The Morgan fingerprint density at radius 1 is 0.547 bits per heavy atom. The third-order valence-electron chi connectivity index (χ3n) is 15.6. The van der Waals surface area contributed by atoms with Gasteiger partial charge in [0.1, 0.15) is 24.2 Å². The molecule has 2 aliphatic heterocycles. The molecule has 6 rings (SSSR count). The number of hydrogen-bond acceptors (Lipinski definition) is 10. The van der Waals surface area contributed by atoms with Crippen LogP contribution in [0.4, 0.5) is 0 Å². The van der Waals surface area contributed by atoms with E-state index < -0.39 is 71.0 Å². The van der Waals surface area contributed by atoms with Crippen LogP contribution in [0.3, 0.4) is 0 Å². The monoisotopic (exact) mass is 1040 g/mol. The standard InChI is InChI=1S/C57H86N10O8/c1-34(58-9)50(70)64-48(56(3,4)5)54(74)66-32-38(30-44(66)52(72)62-42-26-18-22-36-20-14-16-24-40(36)42)60-46(68)28-12-11-13-29-47(69)61-39-31-45(53(73)63-43-27-19-23-37-21-15-17-25-41(37)43)67(33-39)55(75)49(57(6,7)8)65-51(71)35(2)59-10/h14-17,20-21,24-25,34-35,38-39,42-45,48-49,58-59H,11-13,18-19,22-23,26-33H2,1-10H3,(H,60,68)(H,61,69)(H,62,72)(H,63,73)(H,64,70)(H,65,71)/t34-,35-,38-,39-,42+,43+,44-,45-,48+,49?/m0/s1. The summed E-state index contributed by atoms with van der Waals surface area (Å²) in [7, 11) is 3.33. The van der Waals surface area contributed by atoms with Gasteiger partial charge in [-0.25, -0.2) is 0 Å². The number of rotatable bonds is 20. The maximum Gasteiger partial charge on any atom is 0.246 e. The number of nitrogens with one attached hydrogen (secondary N) is 8. The Morgan fingerprint density at radius 2 is 0.920 bits per heavy atom. The molecule has 2 aliphatic carbocycles. The van der Waals surface area contributed by atoms with Gasteiger partial charge in [0, 0.05) is 38.0 Å². The zero-order valence-electron chi connectivity index (χ0n) is 46.2. The van der Waals surface area contributed by atoms with E-state index in [1.54, 1.807) is 27.9 Å². The van der Waals surface area contributed by atoms with Crippen molar-refractivity contribution in [2.75, 3.05) is 27.2 Å². The summed E-state index contributed by atoms with van der Waals surface area (Å²) in [4.78, 5) is 114. The Kier molecular flexibility index (Phi) is 20.1. The number of carbonyl (C=O) groups excluding carboxylic acids is 8. The van der Waals surface area contributed by atoms with E-state index >= 15 is 0 Å². The van der Waals surface area contributed by atoms with Crippen LogP contribution in [0.5, 0.6) is 0 Å². The molecule has 4 aliphatic rings. The molecule has 1 unspecified atom stereocenters. The summed E-state index contributed by atoms with van der Waals surface area (Å²) in [5, 5.41) is 24.3. The summed E-state index contributed by atoms with van der Waals surface area (Å²) in [5.74, 6) is -2.54. The second-order valence-corrected chi connectivity index (χ2v) is 23.5. The van der Waals surface area contributed by atoms with Gasteiger partial charge in [-0.15, -0.1) is 0 Å². The van der Waals surface area contributed by atoms with Crippen molar-refractivity contribution in [2.24, 2.45) is 10.8 Å². The van der Waals surface area contributed by atoms with Gasteiger partial charge < -0.3 is 52.3 Å². The molecule has 8 amide bonds. The SMILES string of the molecule is CN[C@@H](C)C(=O)NC(C(=O)N1C[C@@H](NC(=O)CCCCCC(=O)N[C@H]2C[C@@H](C(=O)N[C@@H]3CCCc4ccccc43)N(C(=O)[C@@H](NC(=O)[C@H](C)NC)C(C)(C)C)C2)C[C@H]1C(=O)N[C@@H]1CCCc2ccccc21)C(C)(C)C. The van der Waals surface area contributed by atoms with Crippen molar-refractivity contribution in [1.29, 1.82) is 0 Å². The number of hydrogen-bond donors (Lipinski definition) is 8. The largest absolute Gasteiger partial charge is 0.351 e. The summed E-state index contributed by atoms with van der Waals surface area (Å²) in [6, 6.07) is 9.93. The third-order valence-corrected chi connectivity index (χ3v) is 15.6. The quantitative estimate of drug-likeness (QED) is 0.0894. The highest BCUT2D eigenvalue weighted by atomic mass is 16.2. The summed E-state index contributed by atoms with van der Waals surface area (Å²) in [5.41, 5.74) is 3.12. The number of likely N-dealkylation sites (N-methyl/N-ethyl adjacent to an activating group) is 2. The number of unbranched alkanes of at least 4 members (excludes halogenated alkanes) is 2. The zero-order chi connectivity index (χ0) is 54.8. The first-order valence-corrected chi connectivity index (χ1v) is 27.4. The number of nitrogens with zero attached hydrogens (tertiary/aromatic N) is 2. The Labute approximate surface area is 444 Å². The summed E-state index contributed by atoms with van der Waals surface area (Å²) in [6.07, 6.45) is 7.52. The van der Waals surface area contributed by atoms with E-state index in [9.17, 15) is 38.4 Å². The van der Waals surface area contributed by atoms with Gasteiger partial charge in [-0.3, -0.25) is 38.4 Å². The lowest BCUT2D eigenvalue weighted by molar-refractivity contribution is -0.144. The molecule has 0 aromatic heterocycles. The lowest BCUT2D eigenvalue weighted by atomic mass is 9.85. The molecule has 2 aromatic carbocycles. The molecular formula is C57H86N10O8. The molecule has 18 nitrogen and oxygen atoms in total. The van der Waals surface area contributed by atoms with E-state index in [1.165, 1.54) is 20.9 Å². The van der Waals surface area contributed by atoms with Crippen LogP contribution in [0.2, 0.25) is 0 Å². The van der Waals surface area contributed by atoms with Gasteiger partial charge in [0.05, 0.1) is 24.2 Å². The molecular weight excluding hydrogens is 953 g/mol. The van der Waals surface area contributed by atoms with Crippen molar-refractivity contribution in [3.63, 3.8) is 0 Å². The van der Waals surface area contributed by atoms with Crippen molar-refractivity contribution in [2.45, 2.75) is 199 Å². The van der Waals surface area contributed by atoms with Crippen LogP contribution in [-0.2, 0) is 51.2 Å². The minimum Gasteiger partial charge on any atom is -0.351 e. The van der Waals surface area contributed by atoms with Crippen LogP contribution < -0.4 is 42.5 Å².